The Kier molecular flexibility index (Phi) is 3.72. The van der Waals surface area contributed by atoms with Crippen LogP contribution in [0.25, 0.3) is 0 Å². The van der Waals surface area contributed by atoms with E-state index in [0.717, 1.165) is 6.54 Å². The summed E-state index contributed by atoms with van der Waals surface area (Å²) in [6.07, 6.45) is 4.86. The maximum atomic E-state index is 10.8. The van der Waals surface area contributed by atoms with Gasteiger partial charge in [-0.05, 0) is 26.3 Å². The van der Waals surface area contributed by atoms with Gasteiger partial charge in [0.1, 0.15) is 6.04 Å². The Bertz CT molecular complexity index is 176. The minimum Gasteiger partial charge on any atom is -0.480 e. The number of nitrogens with zero attached hydrogens (tertiary/aromatic N) is 1. The van der Waals surface area contributed by atoms with E-state index in [-0.39, 0.29) is 6.04 Å². The molecule has 0 aliphatic heterocycles. The smallest absolute Gasteiger partial charge is 0.320 e. The van der Waals surface area contributed by atoms with Crippen LogP contribution >= 0.6 is 0 Å². The topological polar surface area (TPSA) is 40.5 Å². The first-order valence-electron chi connectivity index (χ1n) is 5.15. The molecule has 0 aromatic carbocycles. The van der Waals surface area contributed by atoms with Crippen molar-refractivity contribution >= 4 is 5.97 Å². The highest BCUT2D eigenvalue weighted by Gasteiger charge is 2.28. The Morgan fingerprint density at radius 1 is 1.54 bits per heavy atom. The molecule has 1 fully saturated rings. The SMILES string of the molecule is CCN(C1CCCC1)C(C)C(=O)O. The van der Waals surface area contributed by atoms with Crippen molar-refractivity contribution in [1.29, 1.82) is 0 Å². The van der Waals surface area contributed by atoms with Crippen LogP contribution in [-0.4, -0.2) is 34.6 Å². The zero-order valence-electron chi connectivity index (χ0n) is 8.49. The van der Waals surface area contributed by atoms with Gasteiger partial charge < -0.3 is 5.11 Å². The number of hydrogen-bond acceptors (Lipinski definition) is 2. The lowest BCUT2D eigenvalue weighted by Crippen LogP contribution is -2.44. The number of carboxylic acid groups (broad SMARTS) is 1. The van der Waals surface area contributed by atoms with Gasteiger partial charge in [-0.1, -0.05) is 19.8 Å². The Hall–Kier alpha value is -0.570. The van der Waals surface area contributed by atoms with Gasteiger partial charge in [-0.15, -0.1) is 0 Å². The van der Waals surface area contributed by atoms with Crippen molar-refractivity contribution in [3.8, 4) is 0 Å². The highest BCUT2D eigenvalue weighted by Crippen LogP contribution is 2.24. The minimum atomic E-state index is -0.700. The van der Waals surface area contributed by atoms with Gasteiger partial charge in [0, 0.05) is 6.04 Å². The second-order valence-electron chi connectivity index (χ2n) is 3.78. The fraction of sp³-hybridized carbons (Fsp3) is 0.900. The number of carbonyl (C=O) groups is 1. The Morgan fingerprint density at radius 2 is 2.08 bits per heavy atom. The molecule has 0 heterocycles. The van der Waals surface area contributed by atoms with Gasteiger partial charge in [0.15, 0.2) is 0 Å². The van der Waals surface area contributed by atoms with E-state index in [2.05, 4.69) is 4.90 Å². The third kappa shape index (κ3) is 2.44. The predicted molar refractivity (Wildman–Crippen MR) is 51.7 cm³/mol. The summed E-state index contributed by atoms with van der Waals surface area (Å²) in [6.45, 7) is 4.67. The van der Waals surface area contributed by atoms with Crippen molar-refractivity contribution in [1.82, 2.24) is 4.90 Å². The Morgan fingerprint density at radius 3 is 2.46 bits per heavy atom. The van der Waals surface area contributed by atoms with E-state index in [0.29, 0.717) is 6.04 Å². The molecule has 0 radical (unpaired) electrons. The van der Waals surface area contributed by atoms with Gasteiger partial charge in [0.25, 0.3) is 0 Å². The summed E-state index contributed by atoms with van der Waals surface area (Å²) in [5.74, 6) is -0.700. The average molecular weight is 185 g/mol. The summed E-state index contributed by atoms with van der Waals surface area (Å²) in [4.78, 5) is 12.9. The van der Waals surface area contributed by atoms with Crippen LogP contribution in [0.5, 0.6) is 0 Å². The van der Waals surface area contributed by atoms with E-state index in [9.17, 15) is 4.79 Å². The number of carboxylic acids is 1. The quantitative estimate of drug-likeness (QED) is 0.725. The zero-order valence-corrected chi connectivity index (χ0v) is 8.49. The van der Waals surface area contributed by atoms with Crippen LogP contribution in [0.3, 0.4) is 0 Å². The van der Waals surface area contributed by atoms with E-state index in [4.69, 9.17) is 5.11 Å². The molecule has 3 heteroatoms. The summed E-state index contributed by atoms with van der Waals surface area (Å²) in [5.41, 5.74) is 0. The molecule has 0 spiro atoms. The molecule has 0 bridgehead atoms. The molecule has 1 aliphatic rings. The molecule has 13 heavy (non-hydrogen) atoms. The van der Waals surface area contributed by atoms with Gasteiger partial charge >= 0.3 is 5.97 Å². The van der Waals surface area contributed by atoms with Crippen molar-refractivity contribution in [2.75, 3.05) is 6.54 Å². The lowest BCUT2D eigenvalue weighted by Gasteiger charge is -2.30. The van der Waals surface area contributed by atoms with E-state index in [1.165, 1.54) is 25.7 Å². The standard InChI is InChI=1S/C10H19NO2/c1-3-11(8(2)10(12)13)9-6-4-5-7-9/h8-9H,3-7H2,1-2H3,(H,12,13). The summed E-state index contributed by atoms with van der Waals surface area (Å²) in [5, 5.41) is 8.90. The summed E-state index contributed by atoms with van der Waals surface area (Å²) < 4.78 is 0. The second-order valence-corrected chi connectivity index (χ2v) is 3.78. The van der Waals surface area contributed by atoms with Gasteiger partial charge in [0.2, 0.25) is 0 Å². The fourth-order valence-corrected chi connectivity index (χ4v) is 2.23. The highest BCUT2D eigenvalue weighted by atomic mass is 16.4. The minimum absolute atomic E-state index is 0.326. The molecule has 0 amide bonds. The molecule has 0 aromatic heterocycles. The molecule has 0 aromatic rings. The van der Waals surface area contributed by atoms with E-state index >= 15 is 0 Å². The van der Waals surface area contributed by atoms with Crippen molar-refractivity contribution in [2.45, 2.75) is 51.6 Å². The number of rotatable bonds is 4. The molecule has 1 atom stereocenters. The molecule has 3 nitrogen and oxygen atoms in total. The van der Waals surface area contributed by atoms with E-state index < -0.39 is 5.97 Å². The van der Waals surface area contributed by atoms with E-state index in [1.807, 2.05) is 6.92 Å². The maximum Gasteiger partial charge on any atom is 0.320 e. The van der Waals surface area contributed by atoms with Gasteiger partial charge in [-0.3, -0.25) is 9.69 Å². The molecule has 1 N–H and O–H groups in total. The predicted octanol–water partition coefficient (Wildman–Crippen LogP) is 1.72. The molecule has 1 aliphatic carbocycles. The van der Waals surface area contributed by atoms with Crippen molar-refractivity contribution in [3.63, 3.8) is 0 Å². The molecule has 76 valence electrons. The average Bonchev–Trinajstić information content (AvgIpc) is 2.58. The van der Waals surface area contributed by atoms with Crippen LogP contribution in [0.1, 0.15) is 39.5 Å². The lowest BCUT2D eigenvalue weighted by molar-refractivity contribution is -0.143. The monoisotopic (exact) mass is 185 g/mol. The zero-order chi connectivity index (χ0) is 9.84. The Labute approximate surface area is 79.7 Å². The molecule has 1 saturated carbocycles. The van der Waals surface area contributed by atoms with Crippen molar-refractivity contribution in [3.05, 3.63) is 0 Å². The van der Waals surface area contributed by atoms with Crippen LogP contribution in [0, 0.1) is 0 Å². The number of aliphatic carboxylic acids is 1. The molecular weight excluding hydrogens is 166 g/mol. The first-order chi connectivity index (χ1) is 6.16. The third-order valence-electron chi connectivity index (χ3n) is 3.01. The first kappa shape index (κ1) is 10.5. The van der Waals surface area contributed by atoms with E-state index in [1.54, 1.807) is 6.92 Å². The molecule has 0 saturated heterocycles. The number of hydrogen-bond donors (Lipinski definition) is 1. The number of likely N-dealkylation sites (N-methyl/N-ethyl adjacent to an activating group) is 1. The van der Waals surface area contributed by atoms with Crippen molar-refractivity contribution < 1.29 is 9.90 Å². The van der Waals surface area contributed by atoms with Crippen molar-refractivity contribution in [2.24, 2.45) is 0 Å². The highest BCUT2D eigenvalue weighted by molar-refractivity contribution is 5.72. The largest absolute Gasteiger partial charge is 0.480 e. The van der Waals surface area contributed by atoms with Crippen LogP contribution in [0.2, 0.25) is 0 Å². The van der Waals surface area contributed by atoms with Gasteiger partial charge in [-0.25, -0.2) is 0 Å². The summed E-state index contributed by atoms with van der Waals surface area (Å²) in [7, 11) is 0. The van der Waals surface area contributed by atoms with Gasteiger partial charge in [-0.2, -0.15) is 0 Å². The van der Waals surface area contributed by atoms with Crippen LogP contribution in [0.4, 0.5) is 0 Å². The molecular formula is C10H19NO2. The fourth-order valence-electron chi connectivity index (χ4n) is 2.23. The summed E-state index contributed by atoms with van der Waals surface area (Å²) >= 11 is 0. The third-order valence-corrected chi connectivity index (χ3v) is 3.01. The van der Waals surface area contributed by atoms with Crippen LogP contribution in [0.15, 0.2) is 0 Å². The maximum absolute atomic E-state index is 10.8. The second kappa shape index (κ2) is 4.61. The van der Waals surface area contributed by atoms with Crippen LogP contribution < -0.4 is 0 Å². The normalized spacial score (nSPS) is 20.8. The Balaban J connectivity index is 2.54. The summed E-state index contributed by atoms with van der Waals surface area (Å²) in [6, 6.07) is 0.184. The molecule has 1 unspecified atom stereocenters. The van der Waals surface area contributed by atoms with Gasteiger partial charge in [0.05, 0.1) is 0 Å². The van der Waals surface area contributed by atoms with Crippen LogP contribution in [-0.2, 0) is 4.79 Å². The molecule has 1 rings (SSSR count). The lowest BCUT2D eigenvalue weighted by atomic mass is 10.1. The first-order valence-corrected chi connectivity index (χ1v) is 5.15.